The molecule has 1 saturated carbocycles. The normalized spacial score (nSPS) is 23.8. The van der Waals surface area contributed by atoms with Crippen LogP contribution >= 0.6 is 11.3 Å². The maximum Gasteiger partial charge on any atom is 0.268 e. The number of aromatic nitrogens is 1. The number of carbonyl (C=O) groups is 2. The van der Waals surface area contributed by atoms with Crippen LogP contribution in [0.15, 0.2) is 5.38 Å². The summed E-state index contributed by atoms with van der Waals surface area (Å²) in [5.74, 6) is -0.180. The van der Waals surface area contributed by atoms with Crippen molar-refractivity contribution >= 4 is 23.0 Å². The topological polar surface area (TPSA) is 99.1 Å². The lowest BCUT2D eigenvalue weighted by Crippen LogP contribution is -2.27. The van der Waals surface area contributed by atoms with Gasteiger partial charge in [0.15, 0.2) is 10.8 Å². The van der Waals surface area contributed by atoms with Gasteiger partial charge in [-0.2, -0.15) is 0 Å². The van der Waals surface area contributed by atoms with Gasteiger partial charge in [0.1, 0.15) is 5.69 Å². The summed E-state index contributed by atoms with van der Waals surface area (Å²) in [6.45, 7) is 0. The third kappa shape index (κ3) is 3.14. The van der Waals surface area contributed by atoms with Gasteiger partial charge in [-0.25, -0.2) is 4.98 Å². The Hall–Kier alpha value is -1.27. The molecule has 1 aliphatic carbocycles. The first-order valence-electron chi connectivity index (χ1n) is 6.10. The second kappa shape index (κ2) is 5.58. The Labute approximate surface area is 110 Å². The van der Waals surface area contributed by atoms with Crippen molar-refractivity contribution in [3.8, 4) is 0 Å². The lowest BCUT2D eigenvalue weighted by atomic mass is 9.83. The molecule has 18 heavy (non-hydrogen) atoms. The van der Waals surface area contributed by atoms with E-state index in [2.05, 4.69) is 4.98 Å². The largest absolute Gasteiger partial charge is 0.364 e. The lowest BCUT2D eigenvalue weighted by Gasteiger charge is -2.25. The molecule has 1 heterocycles. The van der Waals surface area contributed by atoms with E-state index in [0.29, 0.717) is 17.3 Å². The van der Waals surface area contributed by atoms with E-state index in [-0.39, 0.29) is 17.5 Å². The van der Waals surface area contributed by atoms with Crippen LogP contribution in [0.5, 0.6) is 0 Å². The third-order valence-corrected chi connectivity index (χ3v) is 4.24. The van der Waals surface area contributed by atoms with Gasteiger partial charge in [0.25, 0.3) is 5.91 Å². The highest BCUT2D eigenvalue weighted by Gasteiger charge is 2.23. The molecule has 6 heteroatoms. The smallest absolute Gasteiger partial charge is 0.268 e. The van der Waals surface area contributed by atoms with Gasteiger partial charge in [-0.1, -0.05) is 0 Å². The number of rotatable bonds is 4. The van der Waals surface area contributed by atoms with Crippen LogP contribution in [0.3, 0.4) is 0 Å². The van der Waals surface area contributed by atoms with Crippen LogP contribution in [0, 0.1) is 5.92 Å². The Balaban J connectivity index is 1.93. The molecule has 2 rings (SSSR count). The average Bonchev–Trinajstić information content (AvgIpc) is 2.81. The predicted octanol–water partition coefficient (Wildman–Crippen LogP) is 1.33. The van der Waals surface area contributed by atoms with E-state index >= 15 is 0 Å². The van der Waals surface area contributed by atoms with Gasteiger partial charge in [-0.05, 0) is 31.6 Å². The minimum Gasteiger partial charge on any atom is -0.364 e. The van der Waals surface area contributed by atoms with Crippen molar-refractivity contribution < 1.29 is 9.59 Å². The molecule has 1 aliphatic rings. The van der Waals surface area contributed by atoms with Gasteiger partial charge in [0.2, 0.25) is 0 Å². The molecule has 0 spiro atoms. The molecular weight excluding hydrogens is 250 g/mol. The van der Waals surface area contributed by atoms with E-state index in [1.54, 1.807) is 0 Å². The Morgan fingerprint density at radius 1 is 1.33 bits per heavy atom. The Morgan fingerprint density at radius 2 is 2.00 bits per heavy atom. The molecule has 5 nitrogen and oxygen atoms in total. The third-order valence-electron chi connectivity index (χ3n) is 3.36. The summed E-state index contributed by atoms with van der Waals surface area (Å²) >= 11 is 1.19. The zero-order chi connectivity index (χ0) is 13.1. The average molecular weight is 267 g/mol. The van der Waals surface area contributed by atoms with E-state index in [9.17, 15) is 9.59 Å². The van der Waals surface area contributed by atoms with Crippen molar-refractivity contribution in [1.29, 1.82) is 0 Å². The molecule has 0 atom stereocenters. The van der Waals surface area contributed by atoms with Crippen molar-refractivity contribution in [1.82, 2.24) is 4.98 Å². The standard InChI is InChI=1S/C12H17N3O2S/c13-8-3-1-7(2-4-8)5-10(16)12-15-9(6-18-12)11(14)17/h6-8H,1-5,13H2,(H2,14,17). The van der Waals surface area contributed by atoms with Gasteiger partial charge in [-0.3, -0.25) is 9.59 Å². The second-order valence-corrected chi connectivity index (χ2v) is 5.67. The molecule has 0 bridgehead atoms. The van der Waals surface area contributed by atoms with E-state index in [0.717, 1.165) is 25.7 Å². The summed E-state index contributed by atoms with van der Waals surface area (Å²) in [6.07, 6.45) is 4.48. The van der Waals surface area contributed by atoms with Crippen molar-refractivity contribution in [2.75, 3.05) is 0 Å². The van der Waals surface area contributed by atoms with Crippen LogP contribution in [0.4, 0.5) is 0 Å². The minimum absolute atomic E-state index is 0.00738. The second-order valence-electron chi connectivity index (χ2n) is 4.81. The molecule has 1 amide bonds. The first-order valence-corrected chi connectivity index (χ1v) is 6.98. The number of carbonyl (C=O) groups excluding carboxylic acids is 2. The fraction of sp³-hybridized carbons (Fsp3) is 0.583. The molecule has 4 N–H and O–H groups in total. The molecule has 0 radical (unpaired) electrons. The molecule has 1 aromatic rings. The van der Waals surface area contributed by atoms with Gasteiger partial charge >= 0.3 is 0 Å². The van der Waals surface area contributed by atoms with Crippen LogP contribution in [0.25, 0.3) is 0 Å². The summed E-state index contributed by atoms with van der Waals surface area (Å²) in [4.78, 5) is 26.9. The van der Waals surface area contributed by atoms with Crippen molar-refractivity contribution in [2.24, 2.45) is 17.4 Å². The number of amides is 1. The van der Waals surface area contributed by atoms with Crippen molar-refractivity contribution in [2.45, 2.75) is 38.1 Å². The number of hydrogen-bond donors (Lipinski definition) is 2. The quantitative estimate of drug-likeness (QED) is 0.804. The number of ketones is 1. The fourth-order valence-corrected chi connectivity index (χ4v) is 3.01. The van der Waals surface area contributed by atoms with Crippen LogP contribution in [0.1, 0.15) is 52.4 Å². The van der Waals surface area contributed by atoms with Gasteiger partial charge < -0.3 is 11.5 Å². The van der Waals surface area contributed by atoms with E-state index < -0.39 is 5.91 Å². The van der Waals surface area contributed by atoms with Crippen LogP contribution in [0.2, 0.25) is 0 Å². The zero-order valence-corrected chi connectivity index (χ0v) is 10.9. The summed E-state index contributed by atoms with van der Waals surface area (Å²) in [5, 5.41) is 1.92. The number of primary amides is 1. The van der Waals surface area contributed by atoms with E-state index in [4.69, 9.17) is 11.5 Å². The molecule has 1 aromatic heterocycles. The minimum atomic E-state index is -0.589. The zero-order valence-electron chi connectivity index (χ0n) is 10.1. The van der Waals surface area contributed by atoms with E-state index in [1.807, 2.05) is 0 Å². The van der Waals surface area contributed by atoms with Crippen molar-refractivity contribution in [3.63, 3.8) is 0 Å². The Bertz CT molecular complexity index is 450. The molecular formula is C12H17N3O2S. The number of Topliss-reactive ketones (excluding diaryl/α,β-unsaturated/α-hetero) is 1. The SMILES string of the molecule is NC(=O)c1csc(C(=O)CC2CCC(N)CC2)n1. The number of thiazole rings is 1. The highest BCUT2D eigenvalue weighted by molar-refractivity contribution is 7.11. The first-order chi connectivity index (χ1) is 8.56. The number of nitrogens with zero attached hydrogens (tertiary/aromatic N) is 1. The van der Waals surface area contributed by atoms with Crippen molar-refractivity contribution in [3.05, 3.63) is 16.1 Å². The monoisotopic (exact) mass is 267 g/mol. The summed E-state index contributed by atoms with van der Waals surface area (Å²) in [6, 6.07) is 0.290. The van der Waals surface area contributed by atoms with E-state index in [1.165, 1.54) is 16.7 Å². The Kier molecular flexibility index (Phi) is 4.08. The maximum absolute atomic E-state index is 12.0. The van der Waals surface area contributed by atoms with Gasteiger partial charge in [-0.15, -0.1) is 11.3 Å². The molecule has 0 aliphatic heterocycles. The van der Waals surface area contributed by atoms with Gasteiger partial charge in [0, 0.05) is 17.8 Å². The molecule has 0 aromatic carbocycles. The number of nitrogens with two attached hydrogens (primary N) is 2. The Morgan fingerprint density at radius 3 is 2.56 bits per heavy atom. The number of hydrogen-bond acceptors (Lipinski definition) is 5. The molecule has 0 saturated heterocycles. The summed E-state index contributed by atoms with van der Waals surface area (Å²) in [5.41, 5.74) is 11.1. The fourth-order valence-electron chi connectivity index (χ4n) is 2.26. The highest BCUT2D eigenvalue weighted by Crippen LogP contribution is 2.27. The molecule has 0 unspecified atom stereocenters. The first kappa shape index (κ1) is 13.2. The van der Waals surface area contributed by atoms with Crippen LogP contribution in [-0.2, 0) is 0 Å². The van der Waals surface area contributed by atoms with Crippen LogP contribution < -0.4 is 11.5 Å². The van der Waals surface area contributed by atoms with Gasteiger partial charge in [0.05, 0.1) is 0 Å². The summed E-state index contributed by atoms with van der Waals surface area (Å²) in [7, 11) is 0. The maximum atomic E-state index is 12.0. The predicted molar refractivity (Wildman–Crippen MR) is 69.5 cm³/mol. The highest BCUT2D eigenvalue weighted by atomic mass is 32.1. The van der Waals surface area contributed by atoms with Crippen LogP contribution in [-0.4, -0.2) is 22.7 Å². The molecule has 98 valence electrons. The summed E-state index contributed by atoms with van der Waals surface area (Å²) < 4.78 is 0. The molecule has 1 fully saturated rings. The lowest BCUT2D eigenvalue weighted by molar-refractivity contribution is 0.0947.